The van der Waals surface area contributed by atoms with Gasteiger partial charge < -0.3 is 10.2 Å². The number of rotatable bonds is 5. The highest BCUT2D eigenvalue weighted by Gasteiger charge is 2.27. The molecule has 1 unspecified atom stereocenters. The second-order valence-corrected chi connectivity index (χ2v) is 7.64. The molecule has 0 bridgehead atoms. The van der Waals surface area contributed by atoms with Crippen LogP contribution in [-0.4, -0.2) is 55.3 Å². The van der Waals surface area contributed by atoms with Crippen LogP contribution in [0.15, 0.2) is 42.5 Å². The van der Waals surface area contributed by atoms with Crippen molar-refractivity contribution in [3.05, 3.63) is 48.0 Å². The lowest BCUT2D eigenvalue weighted by atomic mass is 9.95. The Morgan fingerprint density at radius 2 is 1.78 bits per heavy atom. The van der Waals surface area contributed by atoms with Crippen LogP contribution in [-0.2, 0) is 9.59 Å². The number of amides is 2. The van der Waals surface area contributed by atoms with E-state index in [0.717, 1.165) is 31.5 Å². The molecule has 0 saturated carbocycles. The van der Waals surface area contributed by atoms with E-state index in [-0.39, 0.29) is 23.8 Å². The third kappa shape index (κ3) is 4.66. The zero-order valence-corrected chi connectivity index (χ0v) is 16.4. The van der Waals surface area contributed by atoms with E-state index < -0.39 is 0 Å². The normalized spacial score (nSPS) is 16.9. The van der Waals surface area contributed by atoms with Crippen LogP contribution in [0.4, 0.5) is 0 Å². The predicted octanol–water partition coefficient (Wildman–Crippen LogP) is 2.82. The molecule has 2 aromatic rings. The molecule has 3 rings (SSSR count). The molecule has 0 spiro atoms. The van der Waals surface area contributed by atoms with Gasteiger partial charge in [0.15, 0.2) is 0 Å². The van der Waals surface area contributed by atoms with Crippen molar-refractivity contribution in [2.45, 2.75) is 25.8 Å². The molecule has 1 aliphatic rings. The smallest absolute Gasteiger partial charge is 0.234 e. The number of fused-ring (bicyclic) bond motifs is 1. The van der Waals surface area contributed by atoms with Gasteiger partial charge >= 0.3 is 0 Å². The molecule has 0 radical (unpaired) electrons. The van der Waals surface area contributed by atoms with Gasteiger partial charge in [0, 0.05) is 20.0 Å². The number of hydrogen-bond acceptors (Lipinski definition) is 3. The van der Waals surface area contributed by atoms with Crippen molar-refractivity contribution in [2.24, 2.45) is 5.92 Å². The average Bonchev–Trinajstić information content (AvgIpc) is 2.67. The first-order valence-corrected chi connectivity index (χ1v) is 9.66. The summed E-state index contributed by atoms with van der Waals surface area (Å²) in [6, 6.07) is 14.4. The van der Waals surface area contributed by atoms with Gasteiger partial charge in [-0.25, -0.2) is 0 Å². The van der Waals surface area contributed by atoms with E-state index in [4.69, 9.17) is 0 Å². The molecule has 27 heavy (non-hydrogen) atoms. The van der Waals surface area contributed by atoms with E-state index in [1.807, 2.05) is 25.1 Å². The minimum absolute atomic E-state index is 0.0350. The van der Waals surface area contributed by atoms with Gasteiger partial charge in [0.25, 0.3) is 0 Å². The number of piperidine rings is 1. The van der Waals surface area contributed by atoms with Crippen LogP contribution >= 0.6 is 0 Å². The topological polar surface area (TPSA) is 52.7 Å². The van der Waals surface area contributed by atoms with Gasteiger partial charge in [0.2, 0.25) is 11.8 Å². The molecule has 1 atom stereocenters. The number of carbonyl (C=O) groups excluding carboxylic acids is 2. The first kappa shape index (κ1) is 19.4. The van der Waals surface area contributed by atoms with Crippen LogP contribution in [0.25, 0.3) is 10.8 Å². The zero-order chi connectivity index (χ0) is 19.4. The lowest BCUT2D eigenvalue weighted by Gasteiger charge is -2.32. The summed E-state index contributed by atoms with van der Waals surface area (Å²) in [5.41, 5.74) is 1.14. The molecule has 1 saturated heterocycles. The Balaban J connectivity index is 1.54. The van der Waals surface area contributed by atoms with Crippen molar-refractivity contribution in [3.63, 3.8) is 0 Å². The van der Waals surface area contributed by atoms with Crippen molar-refractivity contribution in [2.75, 3.05) is 33.7 Å². The summed E-state index contributed by atoms with van der Waals surface area (Å²) in [6.45, 7) is 4.00. The summed E-state index contributed by atoms with van der Waals surface area (Å²) in [5, 5.41) is 5.49. The van der Waals surface area contributed by atoms with Crippen LogP contribution in [0, 0.1) is 5.92 Å². The fourth-order valence-corrected chi connectivity index (χ4v) is 3.90. The van der Waals surface area contributed by atoms with Gasteiger partial charge in [-0.1, -0.05) is 42.5 Å². The van der Waals surface area contributed by atoms with Crippen LogP contribution in [0.5, 0.6) is 0 Å². The highest BCUT2D eigenvalue weighted by molar-refractivity contribution is 5.87. The third-order valence-corrected chi connectivity index (χ3v) is 5.41. The van der Waals surface area contributed by atoms with Gasteiger partial charge in [-0.05, 0) is 49.2 Å². The van der Waals surface area contributed by atoms with Crippen molar-refractivity contribution in [1.82, 2.24) is 15.1 Å². The van der Waals surface area contributed by atoms with E-state index in [9.17, 15) is 9.59 Å². The number of carbonyl (C=O) groups is 2. The monoisotopic (exact) mass is 367 g/mol. The lowest BCUT2D eigenvalue weighted by molar-refractivity contribution is -0.134. The first-order valence-electron chi connectivity index (χ1n) is 9.66. The summed E-state index contributed by atoms with van der Waals surface area (Å²) in [5.74, 6) is 0.324. The molecular formula is C22H29N3O2. The highest BCUT2D eigenvalue weighted by atomic mass is 16.2. The molecule has 5 heteroatoms. The quantitative estimate of drug-likeness (QED) is 0.884. The predicted molar refractivity (Wildman–Crippen MR) is 108 cm³/mol. The number of benzene rings is 2. The maximum atomic E-state index is 12.5. The standard InChI is InChI=1S/C22H29N3O2/c1-16(19-10-6-8-17-7-4-5-9-20(17)19)23-21(26)15-25-13-11-18(12-14-25)22(27)24(2)3/h4-10,16,18H,11-15H2,1-3H3,(H,23,26). The Bertz CT molecular complexity index is 805. The molecular weight excluding hydrogens is 338 g/mol. The van der Waals surface area contributed by atoms with E-state index >= 15 is 0 Å². The number of hydrogen-bond donors (Lipinski definition) is 1. The molecule has 1 fully saturated rings. The number of nitrogens with one attached hydrogen (secondary N) is 1. The van der Waals surface area contributed by atoms with Gasteiger partial charge in [-0.2, -0.15) is 0 Å². The molecule has 1 N–H and O–H groups in total. The Morgan fingerprint density at radius 1 is 1.11 bits per heavy atom. The summed E-state index contributed by atoms with van der Waals surface area (Å²) < 4.78 is 0. The number of likely N-dealkylation sites (tertiary alicyclic amines) is 1. The molecule has 1 heterocycles. The van der Waals surface area contributed by atoms with Crippen molar-refractivity contribution < 1.29 is 9.59 Å². The molecule has 2 amide bonds. The van der Waals surface area contributed by atoms with E-state index in [2.05, 4.69) is 34.5 Å². The Morgan fingerprint density at radius 3 is 2.48 bits per heavy atom. The van der Waals surface area contributed by atoms with Gasteiger partial charge in [-0.15, -0.1) is 0 Å². The minimum Gasteiger partial charge on any atom is -0.349 e. The van der Waals surface area contributed by atoms with Crippen LogP contribution < -0.4 is 5.32 Å². The maximum Gasteiger partial charge on any atom is 0.234 e. The van der Waals surface area contributed by atoms with Crippen LogP contribution in [0.2, 0.25) is 0 Å². The van der Waals surface area contributed by atoms with Crippen molar-refractivity contribution in [3.8, 4) is 0 Å². The molecule has 144 valence electrons. The van der Waals surface area contributed by atoms with Crippen LogP contribution in [0.1, 0.15) is 31.4 Å². The minimum atomic E-state index is -0.0449. The van der Waals surface area contributed by atoms with Crippen molar-refractivity contribution >= 4 is 22.6 Å². The highest BCUT2D eigenvalue weighted by Crippen LogP contribution is 2.24. The van der Waals surface area contributed by atoms with E-state index in [0.29, 0.717) is 6.54 Å². The summed E-state index contributed by atoms with van der Waals surface area (Å²) >= 11 is 0. The maximum absolute atomic E-state index is 12.5. The fraction of sp³-hybridized carbons (Fsp3) is 0.455. The Kier molecular flexibility index (Phi) is 6.11. The fourth-order valence-electron chi connectivity index (χ4n) is 3.90. The lowest BCUT2D eigenvalue weighted by Crippen LogP contribution is -2.44. The molecule has 0 aromatic heterocycles. The average molecular weight is 367 g/mol. The van der Waals surface area contributed by atoms with Gasteiger partial charge in [0.1, 0.15) is 0 Å². The molecule has 1 aliphatic heterocycles. The second-order valence-electron chi connectivity index (χ2n) is 7.64. The zero-order valence-electron chi connectivity index (χ0n) is 16.4. The van der Waals surface area contributed by atoms with Crippen molar-refractivity contribution in [1.29, 1.82) is 0 Å². The molecule has 2 aromatic carbocycles. The van der Waals surface area contributed by atoms with E-state index in [1.54, 1.807) is 19.0 Å². The van der Waals surface area contributed by atoms with Gasteiger partial charge in [0.05, 0.1) is 12.6 Å². The molecule has 5 nitrogen and oxygen atoms in total. The summed E-state index contributed by atoms with van der Waals surface area (Å²) in [4.78, 5) is 28.4. The SMILES string of the molecule is CC(NC(=O)CN1CCC(C(=O)N(C)C)CC1)c1cccc2ccccc12. The summed E-state index contributed by atoms with van der Waals surface area (Å²) in [7, 11) is 3.60. The molecule has 0 aliphatic carbocycles. The van der Waals surface area contributed by atoms with E-state index in [1.165, 1.54) is 10.8 Å². The summed E-state index contributed by atoms with van der Waals surface area (Å²) in [6.07, 6.45) is 1.65. The van der Waals surface area contributed by atoms with Crippen LogP contribution in [0.3, 0.4) is 0 Å². The Labute approximate surface area is 161 Å². The largest absolute Gasteiger partial charge is 0.349 e. The second kappa shape index (κ2) is 8.53. The third-order valence-electron chi connectivity index (χ3n) is 5.41. The first-order chi connectivity index (χ1) is 13.0. The Hall–Kier alpha value is -2.40. The number of nitrogens with zero attached hydrogens (tertiary/aromatic N) is 2. The van der Waals surface area contributed by atoms with Gasteiger partial charge in [-0.3, -0.25) is 14.5 Å².